The monoisotopic (exact) mass is 234 g/mol. The van der Waals surface area contributed by atoms with Gasteiger partial charge in [-0.25, -0.2) is 4.39 Å². The molecule has 1 amide bonds. The molecular formula is C10H16ClFN2O. The molecule has 0 unspecified atom stereocenters. The van der Waals surface area contributed by atoms with Gasteiger partial charge in [0.15, 0.2) is 0 Å². The summed E-state index contributed by atoms with van der Waals surface area (Å²) in [6.07, 6.45) is 5.37. The van der Waals surface area contributed by atoms with E-state index in [1.807, 2.05) is 0 Å². The maximum Gasteiger partial charge on any atom is 0.237 e. The summed E-state index contributed by atoms with van der Waals surface area (Å²) in [6, 6.07) is -0.103. The first-order valence-corrected chi connectivity index (χ1v) is 5.08. The highest BCUT2D eigenvalue weighted by Crippen LogP contribution is 2.13. The minimum Gasteiger partial charge on any atom is -0.351 e. The molecule has 0 aromatic carbocycles. The summed E-state index contributed by atoms with van der Waals surface area (Å²) in [4.78, 5) is 11.6. The average Bonchev–Trinajstić information content (AvgIpc) is 2.75. The Labute approximate surface area is 94.9 Å². The molecule has 2 rings (SSSR count). The number of nitrogens with one attached hydrogen (secondary N) is 2. The number of halogens is 2. The van der Waals surface area contributed by atoms with Crippen molar-refractivity contribution in [2.24, 2.45) is 0 Å². The Hall–Kier alpha value is -0.610. The first kappa shape index (κ1) is 12.5. The normalized spacial score (nSPS) is 30.2. The minimum absolute atomic E-state index is 0. The van der Waals surface area contributed by atoms with Crippen molar-refractivity contribution in [3.8, 4) is 0 Å². The maximum absolute atomic E-state index is 12.8. The number of alkyl halides is 1. The van der Waals surface area contributed by atoms with Gasteiger partial charge in [-0.1, -0.05) is 12.2 Å². The van der Waals surface area contributed by atoms with Crippen molar-refractivity contribution in [2.75, 3.05) is 6.54 Å². The van der Waals surface area contributed by atoms with Crippen LogP contribution in [0.3, 0.4) is 0 Å². The lowest BCUT2D eigenvalue weighted by Gasteiger charge is -2.15. The molecule has 3 nitrogen and oxygen atoms in total. The van der Waals surface area contributed by atoms with Gasteiger partial charge in [0.1, 0.15) is 6.17 Å². The van der Waals surface area contributed by atoms with E-state index in [-0.39, 0.29) is 30.4 Å². The Bertz CT molecular complexity index is 252. The summed E-state index contributed by atoms with van der Waals surface area (Å²) >= 11 is 0. The SMILES string of the molecule is Cl.O=C(NC1CC=CC1)[C@H]1C[C@H](F)CN1. The second-order valence-electron chi connectivity index (χ2n) is 3.94. The molecule has 0 aromatic heterocycles. The second-order valence-corrected chi connectivity index (χ2v) is 3.94. The van der Waals surface area contributed by atoms with Gasteiger partial charge in [0.05, 0.1) is 6.04 Å². The van der Waals surface area contributed by atoms with Crippen LogP contribution in [0.1, 0.15) is 19.3 Å². The smallest absolute Gasteiger partial charge is 0.237 e. The molecule has 1 aliphatic heterocycles. The van der Waals surface area contributed by atoms with Crippen LogP contribution in [-0.4, -0.2) is 30.7 Å². The molecule has 2 atom stereocenters. The molecule has 0 bridgehead atoms. The molecular weight excluding hydrogens is 219 g/mol. The zero-order valence-corrected chi connectivity index (χ0v) is 9.23. The lowest BCUT2D eigenvalue weighted by molar-refractivity contribution is -0.123. The van der Waals surface area contributed by atoms with Crippen LogP contribution in [0.2, 0.25) is 0 Å². The van der Waals surface area contributed by atoms with E-state index in [2.05, 4.69) is 22.8 Å². The molecule has 2 N–H and O–H groups in total. The number of carbonyl (C=O) groups excluding carboxylic acids is 1. The van der Waals surface area contributed by atoms with Crippen molar-refractivity contribution in [1.29, 1.82) is 0 Å². The molecule has 2 aliphatic rings. The van der Waals surface area contributed by atoms with E-state index >= 15 is 0 Å². The van der Waals surface area contributed by atoms with Gasteiger partial charge in [-0.05, 0) is 12.8 Å². The van der Waals surface area contributed by atoms with Gasteiger partial charge in [-0.3, -0.25) is 4.79 Å². The third-order valence-corrected chi connectivity index (χ3v) is 2.75. The highest BCUT2D eigenvalue weighted by atomic mass is 35.5. The Morgan fingerprint density at radius 1 is 1.40 bits per heavy atom. The van der Waals surface area contributed by atoms with Crippen LogP contribution in [0, 0.1) is 0 Å². The number of carbonyl (C=O) groups is 1. The Morgan fingerprint density at radius 2 is 2.07 bits per heavy atom. The molecule has 0 saturated carbocycles. The van der Waals surface area contributed by atoms with Gasteiger partial charge < -0.3 is 10.6 Å². The molecule has 0 spiro atoms. The quantitative estimate of drug-likeness (QED) is 0.699. The molecule has 1 heterocycles. The van der Waals surface area contributed by atoms with E-state index in [4.69, 9.17) is 0 Å². The summed E-state index contributed by atoms with van der Waals surface area (Å²) in [5.74, 6) is -0.0566. The van der Waals surface area contributed by atoms with Gasteiger partial charge in [-0.2, -0.15) is 0 Å². The fraction of sp³-hybridized carbons (Fsp3) is 0.700. The van der Waals surface area contributed by atoms with Crippen molar-refractivity contribution >= 4 is 18.3 Å². The highest BCUT2D eigenvalue weighted by molar-refractivity contribution is 5.85. The van der Waals surface area contributed by atoms with Gasteiger partial charge in [0.2, 0.25) is 5.91 Å². The summed E-state index contributed by atoms with van der Waals surface area (Å²) in [6.45, 7) is 0.307. The summed E-state index contributed by atoms with van der Waals surface area (Å²) < 4.78 is 12.8. The first-order chi connectivity index (χ1) is 6.75. The van der Waals surface area contributed by atoms with Gasteiger partial charge in [-0.15, -0.1) is 12.4 Å². The van der Waals surface area contributed by atoms with Crippen molar-refractivity contribution in [2.45, 2.75) is 37.5 Å². The van der Waals surface area contributed by atoms with E-state index in [0.717, 1.165) is 12.8 Å². The zero-order chi connectivity index (χ0) is 9.97. The van der Waals surface area contributed by atoms with Crippen molar-refractivity contribution in [3.05, 3.63) is 12.2 Å². The molecule has 5 heteroatoms. The minimum atomic E-state index is -0.868. The Kier molecular flexibility index (Phi) is 4.54. The van der Waals surface area contributed by atoms with E-state index in [0.29, 0.717) is 13.0 Å². The topological polar surface area (TPSA) is 41.1 Å². The summed E-state index contributed by atoms with van der Waals surface area (Å²) in [5.41, 5.74) is 0. The number of hydrogen-bond donors (Lipinski definition) is 2. The predicted octanol–water partition coefficient (Wildman–Crippen LogP) is 0.943. The maximum atomic E-state index is 12.8. The number of amides is 1. The van der Waals surface area contributed by atoms with Crippen molar-refractivity contribution in [3.63, 3.8) is 0 Å². The van der Waals surface area contributed by atoms with Crippen LogP contribution in [0.15, 0.2) is 12.2 Å². The summed E-state index contributed by atoms with van der Waals surface area (Å²) in [5, 5.41) is 5.78. The molecule has 1 fully saturated rings. The second kappa shape index (κ2) is 5.47. The summed E-state index contributed by atoms with van der Waals surface area (Å²) in [7, 11) is 0. The van der Waals surface area contributed by atoms with E-state index in [1.165, 1.54) is 0 Å². The molecule has 86 valence electrons. The zero-order valence-electron chi connectivity index (χ0n) is 8.41. The largest absolute Gasteiger partial charge is 0.351 e. The molecule has 1 aliphatic carbocycles. The van der Waals surface area contributed by atoms with E-state index < -0.39 is 6.17 Å². The van der Waals surface area contributed by atoms with Crippen LogP contribution < -0.4 is 10.6 Å². The van der Waals surface area contributed by atoms with E-state index in [1.54, 1.807) is 0 Å². The third-order valence-electron chi connectivity index (χ3n) is 2.75. The lowest BCUT2D eigenvalue weighted by atomic mass is 10.1. The number of hydrogen-bond acceptors (Lipinski definition) is 2. The molecule has 1 saturated heterocycles. The van der Waals surface area contributed by atoms with Crippen molar-refractivity contribution in [1.82, 2.24) is 10.6 Å². The van der Waals surface area contributed by atoms with Gasteiger partial charge >= 0.3 is 0 Å². The average molecular weight is 235 g/mol. The van der Waals surface area contributed by atoms with Crippen LogP contribution in [-0.2, 0) is 4.79 Å². The van der Waals surface area contributed by atoms with Gasteiger partial charge in [0.25, 0.3) is 0 Å². The third kappa shape index (κ3) is 3.18. The van der Waals surface area contributed by atoms with Gasteiger partial charge in [0, 0.05) is 19.0 Å². The molecule has 0 radical (unpaired) electrons. The first-order valence-electron chi connectivity index (χ1n) is 5.08. The number of rotatable bonds is 2. The highest BCUT2D eigenvalue weighted by Gasteiger charge is 2.30. The Balaban J connectivity index is 0.00000112. The fourth-order valence-corrected chi connectivity index (χ4v) is 1.93. The van der Waals surface area contributed by atoms with Crippen LogP contribution in [0.5, 0.6) is 0 Å². The van der Waals surface area contributed by atoms with Crippen LogP contribution in [0.25, 0.3) is 0 Å². The van der Waals surface area contributed by atoms with Crippen LogP contribution >= 0.6 is 12.4 Å². The molecule has 0 aromatic rings. The van der Waals surface area contributed by atoms with E-state index in [9.17, 15) is 9.18 Å². The van der Waals surface area contributed by atoms with Crippen LogP contribution in [0.4, 0.5) is 4.39 Å². The molecule has 15 heavy (non-hydrogen) atoms. The lowest BCUT2D eigenvalue weighted by Crippen LogP contribution is -2.44. The van der Waals surface area contributed by atoms with Crippen molar-refractivity contribution < 1.29 is 9.18 Å². The standard InChI is InChI=1S/C10H15FN2O.ClH/c11-7-5-9(12-6-7)10(14)13-8-3-1-2-4-8;/h1-2,7-9,12H,3-6H2,(H,13,14);1H/t7-,9+;/m0./s1. The predicted molar refractivity (Wildman–Crippen MR) is 58.9 cm³/mol. The fourth-order valence-electron chi connectivity index (χ4n) is 1.93. The Morgan fingerprint density at radius 3 is 2.60 bits per heavy atom.